The fourth-order valence-corrected chi connectivity index (χ4v) is 2.89. The van der Waals surface area contributed by atoms with Gasteiger partial charge in [0.2, 0.25) is 0 Å². The summed E-state index contributed by atoms with van der Waals surface area (Å²) in [5.41, 5.74) is -0.972. The minimum atomic E-state index is -4.52. The van der Waals surface area contributed by atoms with Crippen LogP contribution < -0.4 is 4.74 Å². The number of hydrogen-bond acceptors (Lipinski definition) is 2. The van der Waals surface area contributed by atoms with E-state index in [4.69, 9.17) is 10.00 Å². The molecule has 20 heavy (non-hydrogen) atoms. The maximum absolute atomic E-state index is 13.0. The van der Waals surface area contributed by atoms with Crippen LogP contribution in [0.1, 0.15) is 30.4 Å². The van der Waals surface area contributed by atoms with Crippen LogP contribution in [0, 0.1) is 16.7 Å². The van der Waals surface area contributed by atoms with Crippen molar-refractivity contribution >= 4 is 15.9 Å². The molecule has 2 rings (SSSR count). The summed E-state index contributed by atoms with van der Waals surface area (Å²) in [6, 6.07) is 5.10. The summed E-state index contributed by atoms with van der Waals surface area (Å²) in [7, 11) is 0. The van der Waals surface area contributed by atoms with Crippen LogP contribution in [0.15, 0.2) is 18.2 Å². The van der Waals surface area contributed by atoms with E-state index in [1.165, 1.54) is 12.1 Å². The zero-order valence-corrected chi connectivity index (χ0v) is 12.2. The van der Waals surface area contributed by atoms with Gasteiger partial charge in [-0.1, -0.05) is 22.4 Å². The first-order chi connectivity index (χ1) is 9.40. The molecule has 0 aromatic heterocycles. The molecule has 0 unspecified atom stereocenters. The van der Waals surface area contributed by atoms with Crippen LogP contribution in [-0.2, 0) is 6.18 Å². The lowest BCUT2D eigenvalue weighted by Crippen LogP contribution is -2.37. The Kier molecular flexibility index (Phi) is 4.28. The molecule has 1 fully saturated rings. The van der Waals surface area contributed by atoms with Crippen molar-refractivity contribution in [3.8, 4) is 11.8 Å². The minimum Gasteiger partial charge on any atom is -0.492 e. The van der Waals surface area contributed by atoms with Gasteiger partial charge in [0.15, 0.2) is 0 Å². The van der Waals surface area contributed by atoms with Gasteiger partial charge in [0.25, 0.3) is 0 Å². The minimum absolute atomic E-state index is 0.0245. The molecule has 0 saturated heterocycles. The van der Waals surface area contributed by atoms with Crippen molar-refractivity contribution in [2.75, 3.05) is 11.9 Å². The van der Waals surface area contributed by atoms with E-state index in [1.54, 1.807) is 6.07 Å². The van der Waals surface area contributed by atoms with Gasteiger partial charge in [0.05, 0.1) is 23.8 Å². The molecule has 108 valence electrons. The van der Waals surface area contributed by atoms with E-state index in [-0.39, 0.29) is 23.3 Å². The first kappa shape index (κ1) is 15.2. The van der Waals surface area contributed by atoms with Crippen LogP contribution in [0.4, 0.5) is 13.2 Å². The zero-order chi connectivity index (χ0) is 14.8. The Labute approximate surface area is 123 Å². The second-order valence-corrected chi connectivity index (χ2v) is 5.66. The van der Waals surface area contributed by atoms with Crippen LogP contribution in [-0.4, -0.2) is 11.9 Å². The van der Waals surface area contributed by atoms with E-state index in [0.29, 0.717) is 0 Å². The normalized spacial score (nSPS) is 17.1. The molecule has 0 bridgehead atoms. The average Bonchev–Trinajstić information content (AvgIpc) is 2.37. The lowest BCUT2D eigenvalue weighted by Gasteiger charge is -2.40. The molecule has 0 N–H and O–H groups in total. The fraction of sp³-hybridized carbons (Fsp3) is 0.500. The lowest BCUT2D eigenvalue weighted by atomic mass is 9.71. The van der Waals surface area contributed by atoms with Gasteiger partial charge >= 0.3 is 6.18 Å². The second-order valence-electron chi connectivity index (χ2n) is 5.10. The number of halogens is 4. The van der Waals surface area contributed by atoms with Crippen LogP contribution in [0.5, 0.6) is 5.75 Å². The molecule has 0 spiro atoms. The summed E-state index contributed by atoms with van der Waals surface area (Å²) in [6.45, 7) is 0.257. The Morgan fingerprint density at radius 2 is 2.05 bits per heavy atom. The molecular formula is C14H13BrF3NO. The third-order valence-corrected chi connectivity index (χ3v) is 4.84. The number of ether oxygens (including phenoxy) is 1. The van der Waals surface area contributed by atoms with E-state index in [0.717, 1.165) is 30.7 Å². The predicted octanol–water partition coefficient (Wildman–Crippen LogP) is 4.52. The monoisotopic (exact) mass is 347 g/mol. The third kappa shape index (κ3) is 3.09. The fourth-order valence-electron chi connectivity index (χ4n) is 2.17. The van der Waals surface area contributed by atoms with Crippen molar-refractivity contribution in [2.24, 2.45) is 5.41 Å². The number of nitriles is 1. The van der Waals surface area contributed by atoms with Gasteiger partial charge < -0.3 is 4.74 Å². The Bertz CT molecular complexity index is 527. The Morgan fingerprint density at radius 3 is 2.50 bits per heavy atom. The summed E-state index contributed by atoms with van der Waals surface area (Å²) in [6.07, 6.45) is -1.54. The van der Waals surface area contributed by atoms with E-state index >= 15 is 0 Å². The van der Waals surface area contributed by atoms with E-state index < -0.39 is 11.7 Å². The van der Waals surface area contributed by atoms with Crippen molar-refractivity contribution in [1.29, 1.82) is 5.26 Å². The first-order valence-corrected chi connectivity index (χ1v) is 7.32. The molecule has 1 aromatic rings. The lowest BCUT2D eigenvalue weighted by molar-refractivity contribution is -0.139. The summed E-state index contributed by atoms with van der Waals surface area (Å²) >= 11 is 3.39. The van der Waals surface area contributed by atoms with Crippen LogP contribution in [0.3, 0.4) is 0 Å². The highest BCUT2D eigenvalue weighted by atomic mass is 79.9. The Morgan fingerprint density at radius 1 is 1.35 bits per heavy atom. The molecule has 0 amide bonds. The first-order valence-electron chi connectivity index (χ1n) is 6.20. The van der Waals surface area contributed by atoms with E-state index in [1.807, 2.05) is 0 Å². The number of benzene rings is 1. The molecule has 0 heterocycles. The average molecular weight is 348 g/mol. The van der Waals surface area contributed by atoms with Crippen LogP contribution >= 0.6 is 15.9 Å². The molecule has 6 heteroatoms. The SMILES string of the molecule is N#Cc1ccc(OCC2(CBr)CCC2)c(C(F)(F)F)c1. The van der Waals surface area contributed by atoms with Crippen molar-refractivity contribution in [3.05, 3.63) is 29.3 Å². The highest BCUT2D eigenvalue weighted by Crippen LogP contribution is 2.44. The maximum atomic E-state index is 13.0. The third-order valence-electron chi connectivity index (χ3n) is 3.65. The van der Waals surface area contributed by atoms with Gasteiger partial charge in [-0.3, -0.25) is 0 Å². The molecule has 0 atom stereocenters. The number of alkyl halides is 4. The molecule has 1 saturated carbocycles. The maximum Gasteiger partial charge on any atom is 0.420 e. The predicted molar refractivity (Wildman–Crippen MR) is 71.7 cm³/mol. The highest BCUT2D eigenvalue weighted by molar-refractivity contribution is 9.09. The van der Waals surface area contributed by atoms with Gasteiger partial charge in [-0.2, -0.15) is 18.4 Å². The van der Waals surface area contributed by atoms with Crippen LogP contribution in [0.25, 0.3) is 0 Å². The molecule has 0 radical (unpaired) electrons. The largest absolute Gasteiger partial charge is 0.492 e. The van der Waals surface area contributed by atoms with Gasteiger partial charge in [0, 0.05) is 10.7 Å². The summed E-state index contributed by atoms with van der Waals surface area (Å²) < 4.78 is 44.3. The van der Waals surface area contributed by atoms with Gasteiger partial charge in [-0.15, -0.1) is 0 Å². The Hall–Kier alpha value is -1.22. The quantitative estimate of drug-likeness (QED) is 0.750. The molecule has 1 aromatic carbocycles. The second kappa shape index (κ2) is 5.65. The Balaban J connectivity index is 2.21. The van der Waals surface area contributed by atoms with Crippen molar-refractivity contribution in [3.63, 3.8) is 0 Å². The van der Waals surface area contributed by atoms with Gasteiger partial charge in [-0.25, -0.2) is 0 Å². The van der Waals surface area contributed by atoms with Crippen LogP contribution in [0.2, 0.25) is 0 Å². The van der Waals surface area contributed by atoms with Crippen molar-refractivity contribution in [2.45, 2.75) is 25.4 Å². The molecular weight excluding hydrogens is 335 g/mol. The van der Waals surface area contributed by atoms with Gasteiger partial charge in [-0.05, 0) is 31.0 Å². The van der Waals surface area contributed by atoms with E-state index in [2.05, 4.69) is 15.9 Å². The highest BCUT2D eigenvalue weighted by Gasteiger charge is 2.39. The van der Waals surface area contributed by atoms with Crippen molar-refractivity contribution in [1.82, 2.24) is 0 Å². The number of rotatable bonds is 4. The summed E-state index contributed by atoms with van der Waals surface area (Å²) in [5.74, 6) is -0.205. The number of hydrogen-bond donors (Lipinski definition) is 0. The zero-order valence-electron chi connectivity index (χ0n) is 10.6. The smallest absolute Gasteiger partial charge is 0.420 e. The molecule has 0 aliphatic heterocycles. The molecule has 2 nitrogen and oxygen atoms in total. The standard InChI is InChI=1S/C14H13BrF3NO/c15-8-13(4-1-5-13)9-20-12-3-2-10(7-19)6-11(12)14(16,17)18/h2-3,6H,1,4-5,8-9H2. The van der Waals surface area contributed by atoms with E-state index in [9.17, 15) is 13.2 Å². The summed E-state index contributed by atoms with van der Waals surface area (Å²) in [5, 5.41) is 9.42. The number of nitrogens with zero attached hydrogens (tertiary/aromatic N) is 1. The molecule has 1 aliphatic carbocycles. The topological polar surface area (TPSA) is 33.0 Å². The summed E-state index contributed by atoms with van der Waals surface area (Å²) in [4.78, 5) is 0. The van der Waals surface area contributed by atoms with Gasteiger partial charge in [0.1, 0.15) is 5.75 Å². The van der Waals surface area contributed by atoms with Crippen molar-refractivity contribution < 1.29 is 17.9 Å². The molecule has 1 aliphatic rings.